The minimum atomic E-state index is 0.513. The van der Waals surface area contributed by atoms with Crippen molar-refractivity contribution in [2.45, 2.75) is 32.7 Å². The maximum atomic E-state index is 5.70. The first-order chi connectivity index (χ1) is 9.63. The lowest BCUT2D eigenvalue weighted by Crippen LogP contribution is -1.99. The van der Waals surface area contributed by atoms with Crippen LogP contribution in [0.25, 0.3) is 0 Å². The van der Waals surface area contributed by atoms with Crippen LogP contribution in [-0.4, -0.2) is 7.11 Å². The van der Waals surface area contributed by atoms with Crippen LogP contribution >= 0.6 is 0 Å². The van der Waals surface area contributed by atoms with Crippen molar-refractivity contribution in [3.8, 4) is 5.75 Å². The molecule has 0 aliphatic carbocycles. The first-order valence-corrected chi connectivity index (χ1v) is 7.08. The van der Waals surface area contributed by atoms with Crippen LogP contribution in [0.5, 0.6) is 5.75 Å². The second-order valence-electron chi connectivity index (χ2n) is 5.43. The number of benzene rings is 2. The highest BCUT2D eigenvalue weighted by Gasteiger charge is 2.08. The molecular formula is C18H23NO. The quantitative estimate of drug-likeness (QED) is 0.894. The first kappa shape index (κ1) is 14.6. The Morgan fingerprint density at radius 3 is 2.45 bits per heavy atom. The van der Waals surface area contributed by atoms with Crippen molar-refractivity contribution in [2.24, 2.45) is 5.73 Å². The fraction of sp³-hybridized carbons (Fsp3) is 0.333. The summed E-state index contributed by atoms with van der Waals surface area (Å²) in [6.07, 6.45) is 0.870. The molecule has 0 radical (unpaired) electrons. The largest absolute Gasteiger partial charge is 0.496 e. The summed E-state index contributed by atoms with van der Waals surface area (Å²) < 4.78 is 5.54. The Balaban J connectivity index is 2.28. The average molecular weight is 269 g/mol. The van der Waals surface area contributed by atoms with E-state index in [1.54, 1.807) is 7.11 Å². The zero-order chi connectivity index (χ0) is 14.5. The van der Waals surface area contributed by atoms with Gasteiger partial charge in [0.1, 0.15) is 5.75 Å². The SMILES string of the molecule is COc1cc(C(C)C)ccc1Cc1cccc(CN)c1. The monoisotopic (exact) mass is 269 g/mol. The van der Waals surface area contributed by atoms with Crippen molar-refractivity contribution in [3.05, 3.63) is 64.7 Å². The number of hydrogen-bond donors (Lipinski definition) is 1. The van der Waals surface area contributed by atoms with Gasteiger partial charge in [0.15, 0.2) is 0 Å². The number of nitrogens with two attached hydrogens (primary N) is 1. The van der Waals surface area contributed by atoms with Gasteiger partial charge < -0.3 is 10.5 Å². The van der Waals surface area contributed by atoms with E-state index in [1.807, 2.05) is 0 Å². The standard InChI is InChI=1S/C18H23NO/c1-13(2)16-7-8-17(18(11-16)20-3)10-14-5-4-6-15(9-14)12-19/h4-9,11,13H,10,12,19H2,1-3H3. The predicted molar refractivity (Wildman–Crippen MR) is 84.2 cm³/mol. The highest BCUT2D eigenvalue weighted by atomic mass is 16.5. The van der Waals surface area contributed by atoms with E-state index in [2.05, 4.69) is 56.3 Å². The number of rotatable bonds is 5. The molecule has 0 aliphatic rings. The third kappa shape index (κ3) is 3.40. The summed E-state index contributed by atoms with van der Waals surface area (Å²) in [7, 11) is 1.74. The fourth-order valence-corrected chi connectivity index (χ4v) is 2.35. The zero-order valence-corrected chi connectivity index (χ0v) is 12.5. The molecule has 2 rings (SSSR count). The Kier molecular flexibility index (Phi) is 4.80. The lowest BCUT2D eigenvalue weighted by molar-refractivity contribution is 0.409. The van der Waals surface area contributed by atoms with E-state index in [9.17, 15) is 0 Å². The highest BCUT2D eigenvalue weighted by molar-refractivity contribution is 5.42. The zero-order valence-electron chi connectivity index (χ0n) is 12.5. The second kappa shape index (κ2) is 6.58. The van der Waals surface area contributed by atoms with Crippen molar-refractivity contribution in [1.29, 1.82) is 0 Å². The Hall–Kier alpha value is -1.80. The van der Waals surface area contributed by atoms with Crippen LogP contribution < -0.4 is 10.5 Å². The summed E-state index contributed by atoms with van der Waals surface area (Å²) in [4.78, 5) is 0. The molecule has 0 heterocycles. The Bertz CT molecular complexity index is 575. The molecule has 0 spiro atoms. The van der Waals surface area contributed by atoms with Gasteiger partial charge >= 0.3 is 0 Å². The minimum Gasteiger partial charge on any atom is -0.496 e. The predicted octanol–water partition coefficient (Wildman–Crippen LogP) is 3.87. The van der Waals surface area contributed by atoms with Gasteiger partial charge in [-0.05, 0) is 34.2 Å². The summed E-state index contributed by atoms with van der Waals surface area (Å²) in [5.74, 6) is 1.48. The van der Waals surface area contributed by atoms with Gasteiger partial charge in [-0.25, -0.2) is 0 Å². The van der Waals surface area contributed by atoms with Crippen LogP contribution in [0.1, 0.15) is 42.0 Å². The maximum Gasteiger partial charge on any atom is 0.122 e. The molecule has 20 heavy (non-hydrogen) atoms. The second-order valence-corrected chi connectivity index (χ2v) is 5.43. The molecule has 0 fully saturated rings. The molecule has 0 amide bonds. The van der Waals surface area contributed by atoms with Crippen LogP contribution in [-0.2, 0) is 13.0 Å². The van der Waals surface area contributed by atoms with Crippen LogP contribution in [0.15, 0.2) is 42.5 Å². The third-order valence-corrected chi connectivity index (χ3v) is 3.60. The average Bonchev–Trinajstić information content (AvgIpc) is 2.47. The summed E-state index contributed by atoms with van der Waals surface area (Å²) in [5.41, 5.74) is 10.7. The normalized spacial score (nSPS) is 10.8. The summed E-state index contributed by atoms with van der Waals surface area (Å²) in [6.45, 7) is 4.97. The van der Waals surface area contributed by atoms with Gasteiger partial charge in [-0.3, -0.25) is 0 Å². The van der Waals surface area contributed by atoms with Gasteiger partial charge in [-0.2, -0.15) is 0 Å². The molecule has 0 bridgehead atoms. The van der Waals surface area contributed by atoms with Crippen LogP contribution in [0, 0.1) is 0 Å². The van der Waals surface area contributed by atoms with Crippen molar-refractivity contribution in [2.75, 3.05) is 7.11 Å². The molecule has 0 aliphatic heterocycles. The highest BCUT2D eigenvalue weighted by Crippen LogP contribution is 2.26. The molecule has 0 aromatic heterocycles. The van der Waals surface area contributed by atoms with Gasteiger partial charge in [0.2, 0.25) is 0 Å². The van der Waals surface area contributed by atoms with E-state index in [0.717, 1.165) is 12.2 Å². The van der Waals surface area contributed by atoms with Crippen LogP contribution in [0.2, 0.25) is 0 Å². The Labute approximate surface area is 121 Å². The van der Waals surface area contributed by atoms with Crippen LogP contribution in [0.4, 0.5) is 0 Å². The summed E-state index contributed by atoms with van der Waals surface area (Å²) in [5, 5.41) is 0. The number of hydrogen-bond acceptors (Lipinski definition) is 2. The molecule has 2 nitrogen and oxygen atoms in total. The minimum absolute atomic E-state index is 0.513. The summed E-state index contributed by atoms with van der Waals surface area (Å²) in [6, 6.07) is 14.9. The van der Waals surface area contributed by atoms with Gasteiger partial charge in [0.25, 0.3) is 0 Å². The summed E-state index contributed by atoms with van der Waals surface area (Å²) >= 11 is 0. The van der Waals surface area contributed by atoms with Crippen molar-refractivity contribution >= 4 is 0 Å². The topological polar surface area (TPSA) is 35.2 Å². The first-order valence-electron chi connectivity index (χ1n) is 7.08. The molecule has 106 valence electrons. The van der Waals surface area contributed by atoms with Crippen molar-refractivity contribution < 1.29 is 4.74 Å². The lowest BCUT2D eigenvalue weighted by atomic mass is 9.97. The maximum absolute atomic E-state index is 5.70. The molecule has 0 atom stereocenters. The number of methoxy groups -OCH3 is 1. The van der Waals surface area contributed by atoms with Crippen molar-refractivity contribution in [3.63, 3.8) is 0 Å². The molecule has 2 heteroatoms. The molecule has 2 aromatic carbocycles. The molecule has 0 saturated heterocycles. The Morgan fingerprint density at radius 2 is 1.80 bits per heavy atom. The van der Waals surface area contributed by atoms with Crippen molar-refractivity contribution in [1.82, 2.24) is 0 Å². The van der Waals surface area contributed by atoms with Gasteiger partial charge in [0, 0.05) is 13.0 Å². The van der Waals surface area contributed by atoms with E-state index >= 15 is 0 Å². The molecule has 0 saturated carbocycles. The van der Waals surface area contributed by atoms with Gasteiger partial charge in [0.05, 0.1) is 7.11 Å². The van der Waals surface area contributed by atoms with E-state index in [-0.39, 0.29) is 0 Å². The van der Waals surface area contributed by atoms with Gasteiger partial charge in [-0.1, -0.05) is 50.2 Å². The van der Waals surface area contributed by atoms with Gasteiger partial charge in [-0.15, -0.1) is 0 Å². The number of ether oxygens (including phenoxy) is 1. The Morgan fingerprint density at radius 1 is 1.05 bits per heavy atom. The molecule has 2 N–H and O–H groups in total. The van der Waals surface area contributed by atoms with E-state index in [0.29, 0.717) is 12.5 Å². The molecular weight excluding hydrogens is 246 g/mol. The smallest absolute Gasteiger partial charge is 0.122 e. The third-order valence-electron chi connectivity index (χ3n) is 3.60. The van der Waals surface area contributed by atoms with E-state index in [4.69, 9.17) is 10.5 Å². The van der Waals surface area contributed by atoms with E-state index in [1.165, 1.54) is 22.3 Å². The fourth-order valence-electron chi connectivity index (χ4n) is 2.35. The lowest BCUT2D eigenvalue weighted by Gasteiger charge is -2.13. The van der Waals surface area contributed by atoms with Crippen LogP contribution in [0.3, 0.4) is 0 Å². The molecule has 0 unspecified atom stereocenters. The van der Waals surface area contributed by atoms with E-state index < -0.39 is 0 Å². The molecule has 2 aromatic rings.